The van der Waals surface area contributed by atoms with E-state index in [0.29, 0.717) is 25.3 Å². The molecule has 4 rings (SSSR count). The molecule has 3 heterocycles. The molecule has 3 aromatic rings. The molecule has 0 bridgehead atoms. The molecule has 1 fully saturated rings. The molecule has 1 atom stereocenters. The van der Waals surface area contributed by atoms with Crippen LogP contribution in [0.25, 0.3) is 5.65 Å². The van der Waals surface area contributed by atoms with Gasteiger partial charge in [-0.1, -0.05) is 24.8 Å². The lowest BCUT2D eigenvalue weighted by Gasteiger charge is -2.39. The van der Waals surface area contributed by atoms with Crippen LogP contribution in [0.2, 0.25) is 0 Å². The van der Waals surface area contributed by atoms with Gasteiger partial charge in [-0.25, -0.2) is 9.37 Å². The normalized spacial score (nSPS) is 17.2. The quantitative estimate of drug-likeness (QED) is 0.656. The van der Waals surface area contributed by atoms with Crippen LogP contribution in [-0.4, -0.2) is 45.2 Å². The number of fused-ring (bicyclic) bond motifs is 1. The molecule has 7 heteroatoms. The third-order valence-corrected chi connectivity index (χ3v) is 4.92. The molecular formula is C21H19FN4O2. The Balaban J connectivity index is 1.66. The van der Waals surface area contributed by atoms with Gasteiger partial charge in [0.1, 0.15) is 17.5 Å². The van der Waals surface area contributed by atoms with Gasteiger partial charge in [-0.15, -0.1) is 0 Å². The van der Waals surface area contributed by atoms with Gasteiger partial charge in [0, 0.05) is 25.7 Å². The summed E-state index contributed by atoms with van der Waals surface area (Å²) in [6.07, 6.45) is 5.17. The Labute approximate surface area is 161 Å². The number of hydrogen-bond acceptors (Lipinski definition) is 3. The highest BCUT2D eigenvalue weighted by atomic mass is 19.1. The van der Waals surface area contributed by atoms with Crippen molar-refractivity contribution in [3.63, 3.8) is 0 Å². The molecule has 1 aromatic carbocycles. The van der Waals surface area contributed by atoms with Crippen LogP contribution < -0.4 is 4.90 Å². The Bertz CT molecular complexity index is 1010. The third kappa shape index (κ3) is 3.26. The zero-order valence-corrected chi connectivity index (χ0v) is 15.2. The van der Waals surface area contributed by atoms with Crippen LogP contribution in [0.15, 0.2) is 67.5 Å². The van der Waals surface area contributed by atoms with E-state index in [1.54, 1.807) is 23.2 Å². The Morgan fingerprint density at radius 3 is 2.71 bits per heavy atom. The first-order valence-corrected chi connectivity index (χ1v) is 8.99. The van der Waals surface area contributed by atoms with Crippen LogP contribution in [0.4, 0.5) is 10.2 Å². The number of benzene rings is 1. The van der Waals surface area contributed by atoms with E-state index in [1.165, 1.54) is 23.1 Å². The maximum absolute atomic E-state index is 13.3. The molecule has 2 aromatic heterocycles. The van der Waals surface area contributed by atoms with E-state index in [1.807, 2.05) is 28.8 Å². The lowest BCUT2D eigenvalue weighted by Crippen LogP contribution is -2.59. The zero-order valence-electron chi connectivity index (χ0n) is 15.2. The van der Waals surface area contributed by atoms with Crippen molar-refractivity contribution in [2.45, 2.75) is 12.5 Å². The van der Waals surface area contributed by atoms with Crippen LogP contribution in [0.3, 0.4) is 0 Å². The van der Waals surface area contributed by atoms with E-state index in [9.17, 15) is 14.0 Å². The van der Waals surface area contributed by atoms with Crippen molar-refractivity contribution in [2.75, 3.05) is 18.0 Å². The number of nitrogens with zero attached hydrogens (tertiary/aromatic N) is 4. The molecule has 2 amide bonds. The number of carbonyl (C=O) groups is 2. The summed E-state index contributed by atoms with van der Waals surface area (Å²) in [5.74, 6) is -0.306. The number of rotatable bonds is 4. The third-order valence-electron chi connectivity index (χ3n) is 4.92. The summed E-state index contributed by atoms with van der Waals surface area (Å²) in [5.41, 5.74) is 1.52. The van der Waals surface area contributed by atoms with E-state index in [4.69, 9.17) is 0 Å². The SMILES string of the molecule is C=CC(=O)N1CCN(c2cn3ccccc3n2)C(=O)[C@@H]1Cc1ccc(F)cc1. The first kappa shape index (κ1) is 17.9. The maximum Gasteiger partial charge on any atom is 0.251 e. The summed E-state index contributed by atoms with van der Waals surface area (Å²) < 4.78 is 15.1. The highest BCUT2D eigenvalue weighted by Gasteiger charge is 2.38. The number of hydrogen-bond donors (Lipinski definition) is 0. The lowest BCUT2D eigenvalue weighted by molar-refractivity contribution is -0.138. The molecule has 1 aliphatic rings. The molecule has 28 heavy (non-hydrogen) atoms. The number of halogens is 1. The molecule has 1 aliphatic heterocycles. The fourth-order valence-electron chi connectivity index (χ4n) is 3.49. The summed E-state index contributed by atoms with van der Waals surface area (Å²) in [6.45, 7) is 4.26. The van der Waals surface area contributed by atoms with Crippen LogP contribution in [0.1, 0.15) is 5.56 Å². The molecule has 6 nitrogen and oxygen atoms in total. The van der Waals surface area contributed by atoms with Crippen molar-refractivity contribution in [2.24, 2.45) is 0 Å². The van der Waals surface area contributed by atoms with Crippen molar-refractivity contribution in [3.8, 4) is 0 Å². The fourth-order valence-corrected chi connectivity index (χ4v) is 3.49. The van der Waals surface area contributed by atoms with E-state index < -0.39 is 6.04 Å². The average molecular weight is 378 g/mol. The molecule has 0 radical (unpaired) electrons. The van der Waals surface area contributed by atoms with Gasteiger partial charge in [0.05, 0.1) is 6.20 Å². The highest BCUT2D eigenvalue weighted by Crippen LogP contribution is 2.23. The first-order chi connectivity index (χ1) is 13.6. The summed E-state index contributed by atoms with van der Waals surface area (Å²) in [6, 6.07) is 10.9. The summed E-state index contributed by atoms with van der Waals surface area (Å²) in [4.78, 5) is 33.2. The Morgan fingerprint density at radius 2 is 2.00 bits per heavy atom. The molecule has 0 spiro atoms. The van der Waals surface area contributed by atoms with Crippen LogP contribution in [0, 0.1) is 5.82 Å². The van der Waals surface area contributed by atoms with Gasteiger partial charge in [-0.05, 0) is 35.9 Å². The van der Waals surface area contributed by atoms with E-state index in [0.717, 1.165) is 11.2 Å². The monoisotopic (exact) mass is 378 g/mol. The van der Waals surface area contributed by atoms with Crippen molar-refractivity contribution in [3.05, 3.63) is 78.9 Å². The molecule has 0 aliphatic carbocycles. The summed E-state index contributed by atoms with van der Waals surface area (Å²) in [7, 11) is 0. The predicted molar refractivity (Wildman–Crippen MR) is 103 cm³/mol. The van der Waals surface area contributed by atoms with Crippen molar-refractivity contribution in [1.29, 1.82) is 0 Å². The standard InChI is InChI=1S/C21H19FN4O2/c1-2-20(27)25-11-12-26(19-14-24-10-4-3-5-18(24)23-19)21(28)17(25)13-15-6-8-16(22)9-7-15/h2-10,14,17H,1,11-13H2/t17-/m0/s1. The Kier molecular flexibility index (Phi) is 4.65. The smallest absolute Gasteiger partial charge is 0.251 e. The van der Waals surface area contributed by atoms with Crippen LogP contribution >= 0.6 is 0 Å². The van der Waals surface area contributed by atoms with Gasteiger partial charge in [0.25, 0.3) is 5.91 Å². The minimum Gasteiger partial charge on any atom is -0.325 e. The minimum absolute atomic E-state index is 0.214. The second-order valence-electron chi connectivity index (χ2n) is 6.64. The number of aromatic nitrogens is 2. The summed E-state index contributed by atoms with van der Waals surface area (Å²) in [5, 5.41) is 0. The average Bonchev–Trinajstić information content (AvgIpc) is 3.14. The van der Waals surface area contributed by atoms with E-state index in [2.05, 4.69) is 11.6 Å². The number of anilines is 1. The van der Waals surface area contributed by atoms with Crippen molar-refractivity contribution in [1.82, 2.24) is 14.3 Å². The number of piperazine rings is 1. The molecular weight excluding hydrogens is 359 g/mol. The second-order valence-corrected chi connectivity index (χ2v) is 6.64. The molecule has 0 saturated carbocycles. The zero-order chi connectivity index (χ0) is 19.7. The number of amides is 2. The van der Waals surface area contributed by atoms with Crippen molar-refractivity contribution >= 4 is 23.3 Å². The Morgan fingerprint density at radius 1 is 1.21 bits per heavy atom. The van der Waals surface area contributed by atoms with Gasteiger partial charge in [0.15, 0.2) is 5.82 Å². The Hall–Kier alpha value is -3.48. The number of pyridine rings is 1. The molecule has 1 saturated heterocycles. The molecule has 142 valence electrons. The van der Waals surface area contributed by atoms with Crippen LogP contribution in [-0.2, 0) is 16.0 Å². The number of imidazole rings is 1. The van der Waals surface area contributed by atoms with Gasteiger partial charge in [0.2, 0.25) is 5.91 Å². The highest BCUT2D eigenvalue weighted by molar-refractivity contribution is 6.01. The fraction of sp³-hybridized carbons (Fsp3) is 0.190. The van der Waals surface area contributed by atoms with Gasteiger partial charge in [-0.3, -0.25) is 14.5 Å². The van der Waals surface area contributed by atoms with E-state index >= 15 is 0 Å². The predicted octanol–water partition coefficient (Wildman–Crippen LogP) is 2.45. The number of carbonyl (C=O) groups excluding carboxylic acids is 2. The minimum atomic E-state index is -0.700. The molecule has 0 unspecified atom stereocenters. The van der Waals surface area contributed by atoms with Crippen molar-refractivity contribution < 1.29 is 14.0 Å². The van der Waals surface area contributed by atoms with Crippen LogP contribution in [0.5, 0.6) is 0 Å². The van der Waals surface area contributed by atoms with Gasteiger partial charge in [-0.2, -0.15) is 0 Å². The second kappa shape index (κ2) is 7.26. The van der Waals surface area contributed by atoms with Gasteiger partial charge >= 0.3 is 0 Å². The first-order valence-electron chi connectivity index (χ1n) is 8.99. The summed E-state index contributed by atoms with van der Waals surface area (Å²) >= 11 is 0. The topological polar surface area (TPSA) is 57.9 Å². The molecule has 0 N–H and O–H groups in total. The maximum atomic E-state index is 13.3. The lowest BCUT2D eigenvalue weighted by atomic mass is 10.0. The largest absolute Gasteiger partial charge is 0.325 e. The van der Waals surface area contributed by atoms with E-state index in [-0.39, 0.29) is 17.6 Å². The van der Waals surface area contributed by atoms with Gasteiger partial charge < -0.3 is 9.30 Å².